The van der Waals surface area contributed by atoms with E-state index in [4.69, 9.17) is 4.74 Å². The van der Waals surface area contributed by atoms with Crippen LogP contribution in [0.3, 0.4) is 0 Å². The van der Waals surface area contributed by atoms with Crippen LogP contribution in [0.15, 0.2) is 18.2 Å². The maximum absolute atomic E-state index is 9.86. The van der Waals surface area contributed by atoms with Gasteiger partial charge in [-0.05, 0) is 34.4 Å². The lowest BCUT2D eigenvalue weighted by atomic mass is 9.80. The average Bonchev–Trinajstić information content (AvgIpc) is 2.34. The van der Waals surface area contributed by atoms with Gasteiger partial charge in [0.2, 0.25) is 0 Å². The van der Waals surface area contributed by atoms with Crippen LogP contribution in [0.2, 0.25) is 0 Å². The first-order valence-corrected chi connectivity index (χ1v) is 8.01. The molecule has 1 rings (SSSR count). The third-order valence-electron chi connectivity index (χ3n) is 3.71. The van der Waals surface area contributed by atoms with Gasteiger partial charge in [-0.1, -0.05) is 67.0 Å². The van der Waals surface area contributed by atoms with Crippen molar-refractivity contribution in [2.24, 2.45) is 0 Å². The van der Waals surface area contributed by atoms with Crippen LogP contribution in [0.4, 0.5) is 0 Å². The molecule has 0 aliphatic heterocycles. The number of aliphatic hydroxyl groups is 1. The second-order valence-corrected chi connectivity index (χ2v) is 7.96. The Morgan fingerprint density at radius 3 is 2.14 bits per heavy atom. The Morgan fingerprint density at radius 1 is 1.05 bits per heavy atom. The van der Waals surface area contributed by atoms with Gasteiger partial charge in [0.25, 0.3) is 0 Å². The summed E-state index contributed by atoms with van der Waals surface area (Å²) in [6.07, 6.45) is 1.37. The lowest BCUT2D eigenvalue weighted by Gasteiger charge is -2.27. The summed E-state index contributed by atoms with van der Waals surface area (Å²) >= 11 is 0. The molecule has 0 amide bonds. The topological polar surface area (TPSA) is 29.5 Å². The van der Waals surface area contributed by atoms with E-state index in [2.05, 4.69) is 66.7 Å². The summed E-state index contributed by atoms with van der Waals surface area (Å²) in [6, 6.07) is 6.44. The second-order valence-electron chi connectivity index (χ2n) is 7.96. The smallest absolute Gasteiger partial charge is 0.123 e. The average molecular weight is 292 g/mol. The van der Waals surface area contributed by atoms with Crippen LogP contribution >= 0.6 is 0 Å². The molecule has 0 fully saturated rings. The first-order chi connectivity index (χ1) is 9.55. The largest absolute Gasteiger partial charge is 0.491 e. The Morgan fingerprint density at radius 2 is 1.67 bits per heavy atom. The summed E-state index contributed by atoms with van der Waals surface area (Å²) in [4.78, 5) is 0. The second kappa shape index (κ2) is 6.83. The third-order valence-corrected chi connectivity index (χ3v) is 3.71. The summed E-state index contributed by atoms with van der Waals surface area (Å²) in [6.45, 7) is 15.7. The molecule has 21 heavy (non-hydrogen) atoms. The van der Waals surface area contributed by atoms with Gasteiger partial charge in [-0.25, -0.2) is 0 Å². The molecule has 1 N–H and O–H groups in total. The monoisotopic (exact) mass is 292 g/mol. The fourth-order valence-corrected chi connectivity index (χ4v) is 2.31. The number of rotatable bonds is 5. The first kappa shape index (κ1) is 18.0. The number of ether oxygens (including phenoxy) is 1. The molecule has 2 heteroatoms. The normalized spacial score (nSPS) is 14.1. The Bertz CT molecular complexity index is 450. The Balaban J connectivity index is 3.04. The molecular formula is C19H32O2. The summed E-state index contributed by atoms with van der Waals surface area (Å²) in [5.41, 5.74) is 2.67. The minimum Gasteiger partial charge on any atom is -0.491 e. The molecule has 0 aliphatic carbocycles. The molecule has 0 heterocycles. The van der Waals surface area contributed by atoms with Crippen LogP contribution in [-0.2, 0) is 10.8 Å². The van der Waals surface area contributed by atoms with Crippen molar-refractivity contribution in [3.63, 3.8) is 0 Å². The van der Waals surface area contributed by atoms with Crippen LogP contribution in [0.5, 0.6) is 5.75 Å². The molecule has 0 saturated carbocycles. The minimum atomic E-state index is -0.384. The number of hydrogen-bond donors (Lipinski definition) is 1. The standard InChI is InChI=1S/C19H32O2/c1-8-9-15(20)13-21-17-11-10-14(18(2,3)4)12-16(17)19(5,6)7/h10-12,15,20H,8-9,13H2,1-7H3. The van der Waals surface area contributed by atoms with E-state index in [-0.39, 0.29) is 16.9 Å². The van der Waals surface area contributed by atoms with E-state index < -0.39 is 0 Å². The van der Waals surface area contributed by atoms with Crippen molar-refractivity contribution in [2.45, 2.75) is 78.2 Å². The van der Waals surface area contributed by atoms with Crippen molar-refractivity contribution < 1.29 is 9.84 Å². The maximum Gasteiger partial charge on any atom is 0.123 e. The molecule has 1 atom stereocenters. The molecular weight excluding hydrogens is 260 g/mol. The summed E-state index contributed by atoms with van der Waals surface area (Å²) in [7, 11) is 0. The van der Waals surface area contributed by atoms with E-state index in [1.807, 2.05) is 0 Å². The fourth-order valence-electron chi connectivity index (χ4n) is 2.31. The van der Waals surface area contributed by atoms with Gasteiger partial charge in [-0.15, -0.1) is 0 Å². The zero-order chi connectivity index (χ0) is 16.3. The summed E-state index contributed by atoms with van der Waals surface area (Å²) in [5.74, 6) is 0.894. The molecule has 2 nitrogen and oxygen atoms in total. The van der Waals surface area contributed by atoms with Gasteiger partial charge in [0.15, 0.2) is 0 Å². The first-order valence-electron chi connectivity index (χ1n) is 8.01. The molecule has 120 valence electrons. The lowest BCUT2D eigenvalue weighted by Crippen LogP contribution is -2.21. The molecule has 0 saturated heterocycles. The van der Waals surface area contributed by atoms with Gasteiger partial charge >= 0.3 is 0 Å². The van der Waals surface area contributed by atoms with E-state index in [1.54, 1.807) is 0 Å². The van der Waals surface area contributed by atoms with Gasteiger partial charge in [-0.2, -0.15) is 0 Å². The molecule has 0 aromatic heterocycles. The van der Waals surface area contributed by atoms with Crippen molar-refractivity contribution in [1.82, 2.24) is 0 Å². The number of aliphatic hydroxyl groups excluding tert-OH is 1. The van der Waals surface area contributed by atoms with Gasteiger partial charge in [0.05, 0.1) is 6.10 Å². The molecule has 1 aromatic rings. The predicted octanol–water partition coefficient (Wildman–Crippen LogP) is 4.82. The summed E-state index contributed by atoms with van der Waals surface area (Å²) in [5, 5.41) is 9.86. The van der Waals surface area contributed by atoms with E-state index in [9.17, 15) is 5.11 Å². The Labute approximate surface area is 130 Å². The number of benzene rings is 1. The molecule has 0 radical (unpaired) electrons. The van der Waals surface area contributed by atoms with Crippen molar-refractivity contribution in [2.75, 3.05) is 6.61 Å². The Kier molecular flexibility index (Phi) is 5.86. The van der Waals surface area contributed by atoms with Crippen LogP contribution in [-0.4, -0.2) is 17.8 Å². The fraction of sp³-hybridized carbons (Fsp3) is 0.684. The zero-order valence-electron chi connectivity index (χ0n) is 14.8. The number of hydrogen-bond acceptors (Lipinski definition) is 2. The van der Waals surface area contributed by atoms with Crippen molar-refractivity contribution >= 4 is 0 Å². The highest BCUT2D eigenvalue weighted by molar-refractivity contribution is 5.43. The van der Waals surface area contributed by atoms with Gasteiger partial charge in [-0.3, -0.25) is 0 Å². The molecule has 0 spiro atoms. The van der Waals surface area contributed by atoms with Crippen LogP contribution in [0.1, 0.15) is 72.4 Å². The van der Waals surface area contributed by atoms with E-state index in [0.29, 0.717) is 6.61 Å². The highest BCUT2D eigenvalue weighted by atomic mass is 16.5. The van der Waals surface area contributed by atoms with Crippen molar-refractivity contribution in [3.8, 4) is 5.75 Å². The Hall–Kier alpha value is -1.02. The molecule has 1 unspecified atom stereocenters. The SMILES string of the molecule is CCCC(O)COc1ccc(C(C)(C)C)cc1C(C)(C)C. The highest BCUT2D eigenvalue weighted by Crippen LogP contribution is 2.35. The van der Waals surface area contributed by atoms with Crippen molar-refractivity contribution in [3.05, 3.63) is 29.3 Å². The third kappa shape index (κ3) is 5.35. The maximum atomic E-state index is 9.86. The van der Waals surface area contributed by atoms with E-state index in [1.165, 1.54) is 11.1 Å². The van der Waals surface area contributed by atoms with E-state index in [0.717, 1.165) is 18.6 Å². The summed E-state index contributed by atoms with van der Waals surface area (Å²) < 4.78 is 5.90. The zero-order valence-corrected chi connectivity index (χ0v) is 14.8. The molecule has 0 aliphatic rings. The van der Waals surface area contributed by atoms with Crippen LogP contribution in [0, 0.1) is 0 Å². The van der Waals surface area contributed by atoms with E-state index >= 15 is 0 Å². The quantitative estimate of drug-likeness (QED) is 0.843. The van der Waals surface area contributed by atoms with Crippen LogP contribution in [0.25, 0.3) is 0 Å². The lowest BCUT2D eigenvalue weighted by molar-refractivity contribution is 0.0983. The minimum absolute atomic E-state index is 0.0201. The van der Waals surface area contributed by atoms with Gasteiger partial charge in [0, 0.05) is 0 Å². The highest BCUT2D eigenvalue weighted by Gasteiger charge is 2.23. The molecule has 1 aromatic carbocycles. The van der Waals surface area contributed by atoms with Gasteiger partial charge < -0.3 is 9.84 Å². The predicted molar refractivity (Wildman–Crippen MR) is 90.3 cm³/mol. The van der Waals surface area contributed by atoms with Gasteiger partial charge in [0.1, 0.15) is 12.4 Å². The molecule has 0 bridgehead atoms. The van der Waals surface area contributed by atoms with Crippen LogP contribution < -0.4 is 4.74 Å². The van der Waals surface area contributed by atoms with Crippen molar-refractivity contribution in [1.29, 1.82) is 0 Å².